The largest absolute Gasteiger partial charge is 0.444 e. The van der Waals surface area contributed by atoms with Gasteiger partial charge in [0.1, 0.15) is 17.7 Å². The molecule has 0 aliphatic rings. The Hall–Kier alpha value is -2.57. The molecule has 0 aromatic heterocycles. The van der Waals surface area contributed by atoms with Crippen molar-refractivity contribution in [3.63, 3.8) is 0 Å². The lowest BCUT2D eigenvalue weighted by Gasteiger charge is -2.35. The summed E-state index contributed by atoms with van der Waals surface area (Å²) in [4.78, 5) is 41.8. The number of hydrogen-bond acceptors (Lipinski definition) is 4. The lowest BCUT2D eigenvalue weighted by atomic mass is 9.97. The molecule has 204 valence electrons. The summed E-state index contributed by atoms with van der Waals surface area (Å²) in [7, 11) is 0. The van der Waals surface area contributed by atoms with Crippen molar-refractivity contribution >= 4 is 17.9 Å². The molecule has 3 amide bonds. The summed E-state index contributed by atoms with van der Waals surface area (Å²) in [6.07, 6.45) is 5.04. The van der Waals surface area contributed by atoms with Crippen molar-refractivity contribution in [2.45, 2.75) is 112 Å². The van der Waals surface area contributed by atoms with Gasteiger partial charge in [-0.25, -0.2) is 4.79 Å². The number of nitrogens with one attached hydrogen (secondary N) is 2. The van der Waals surface area contributed by atoms with Gasteiger partial charge in [0.2, 0.25) is 11.8 Å². The topological polar surface area (TPSA) is 87.7 Å². The first-order valence-electron chi connectivity index (χ1n) is 13.6. The number of aryl methyl sites for hydroxylation is 1. The highest BCUT2D eigenvalue weighted by atomic mass is 16.6. The van der Waals surface area contributed by atoms with Crippen molar-refractivity contribution in [3.05, 3.63) is 35.4 Å². The Bertz CT molecular complexity index is 815. The SMILES string of the molecule is CCCCCNC(=O)C(c1ccc(C)cc1)N(CCCCC)C(=O)C(NC(=O)OC(C)(C)C)C(C)C. The number of hydrogen-bond donors (Lipinski definition) is 2. The Morgan fingerprint density at radius 3 is 2.06 bits per heavy atom. The molecule has 0 aliphatic heterocycles. The molecule has 0 heterocycles. The van der Waals surface area contributed by atoms with Crippen LogP contribution in [0.25, 0.3) is 0 Å². The fraction of sp³-hybridized carbons (Fsp3) is 0.690. The average Bonchev–Trinajstić information content (AvgIpc) is 2.79. The Morgan fingerprint density at radius 1 is 0.944 bits per heavy atom. The molecule has 1 aromatic rings. The number of rotatable bonds is 14. The molecule has 1 aromatic carbocycles. The minimum Gasteiger partial charge on any atom is -0.444 e. The van der Waals surface area contributed by atoms with Crippen LogP contribution in [-0.4, -0.2) is 47.5 Å². The first kappa shape index (κ1) is 31.5. The predicted molar refractivity (Wildman–Crippen MR) is 146 cm³/mol. The third-order valence-corrected chi connectivity index (χ3v) is 5.92. The normalized spacial score (nSPS) is 13.1. The second-order valence-corrected chi connectivity index (χ2v) is 10.9. The number of carbonyl (C=O) groups excluding carboxylic acids is 3. The van der Waals surface area contributed by atoms with Gasteiger partial charge in [-0.2, -0.15) is 0 Å². The molecule has 0 spiro atoms. The van der Waals surface area contributed by atoms with Crippen LogP contribution >= 0.6 is 0 Å². The van der Waals surface area contributed by atoms with Gasteiger partial charge in [-0.05, 0) is 52.0 Å². The molecule has 0 saturated heterocycles. The number of carbonyl (C=O) groups is 3. The molecular formula is C29H49N3O4. The Morgan fingerprint density at radius 2 is 1.53 bits per heavy atom. The molecule has 7 nitrogen and oxygen atoms in total. The molecule has 2 unspecified atom stereocenters. The van der Waals surface area contributed by atoms with Crippen LogP contribution in [0, 0.1) is 12.8 Å². The van der Waals surface area contributed by atoms with Gasteiger partial charge in [0, 0.05) is 13.1 Å². The Kier molecular flexibility index (Phi) is 13.6. The van der Waals surface area contributed by atoms with Crippen molar-refractivity contribution in [2.75, 3.05) is 13.1 Å². The van der Waals surface area contributed by atoms with E-state index in [0.29, 0.717) is 13.1 Å². The molecule has 1 rings (SSSR count). The summed E-state index contributed by atoms with van der Waals surface area (Å²) in [6.45, 7) is 16.3. The zero-order valence-electron chi connectivity index (χ0n) is 23.8. The van der Waals surface area contributed by atoms with Gasteiger partial charge in [-0.1, -0.05) is 83.2 Å². The summed E-state index contributed by atoms with van der Waals surface area (Å²) < 4.78 is 5.43. The number of benzene rings is 1. The average molecular weight is 504 g/mol. The lowest BCUT2D eigenvalue weighted by molar-refractivity contribution is -0.143. The molecule has 0 bridgehead atoms. The minimum absolute atomic E-state index is 0.190. The smallest absolute Gasteiger partial charge is 0.408 e. The van der Waals surface area contributed by atoms with E-state index in [9.17, 15) is 14.4 Å². The van der Waals surface area contributed by atoms with Gasteiger partial charge >= 0.3 is 6.09 Å². The maximum absolute atomic E-state index is 14.0. The van der Waals surface area contributed by atoms with E-state index in [1.165, 1.54) is 0 Å². The summed E-state index contributed by atoms with van der Waals surface area (Å²) in [5, 5.41) is 5.83. The molecule has 2 N–H and O–H groups in total. The third kappa shape index (κ3) is 11.0. The second-order valence-electron chi connectivity index (χ2n) is 10.9. The van der Waals surface area contributed by atoms with Crippen molar-refractivity contribution in [1.82, 2.24) is 15.5 Å². The minimum atomic E-state index is -0.817. The van der Waals surface area contributed by atoms with Crippen LogP contribution in [0.1, 0.15) is 104 Å². The predicted octanol–water partition coefficient (Wildman–Crippen LogP) is 5.91. The van der Waals surface area contributed by atoms with E-state index in [1.807, 2.05) is 45.0 Å². The van der Waals surface area contributed by atoms with Crippen LogP contribution in [0.2, 0.25) is 0 Å². The van der Waals surface area contributed by atoms with Gasteiger partial charge in [0.25, 0.3) is 0 Å². The van der Waals surface area contributed by atoms with Gasteiger partial charge in [0.05, 0.1) is 0 Å². The summed E-state index contributed by atoms with van der Waals surface area (Å²) in [5.74, 6) is -0.661. The van der Waals surface area contributed by atoms with E-state index < -0.39 is 23.8 Å². The van der Waals surface area contributed by atoms with Crippen molar-refractivity contribution in [2.24, 2.45) is 5.92 Å². The maximum atomic E-state index is 14.0. The quantitative estimate of drug-likeness (QED) is 0.309. The molecule has 0 fully saturated rings. The van der Waals surface area contributed by atoms with Crippen LogP contribution in [-0.2, 0) is 14.3 Å². The molecule has 36 heavy (non-hydrogen) atoms. The van der Waals surface area contributed by atoms with Gasteiger partial charge < -0.3 is 20.3 Å². The number of unbranched alkanes of at least 4 members (excludes halogenated alkanes) is 4. The van der Waals surface area contributed by atoms with E-state index in [-0.39, 0.29) is 17.7 Å². The van der Waals surface area contributed by atoms with Crippen LogP contribution in [0.3, 0.4) is 0 Å². The molecule has 0 radical (unpaired) electrons. The first-order valence-corrected chi connectivity index (χ1v) is 13.6. The molecule has 0 aliphatic carbocycles. The van der Waals surface area contributed by atoms with E-state index in [0.717, 1.165) is 49.7 Å². The van der Waals surface area contributed by atoms with Gasteiger partial charge in [-0.15, -0.1) is 0 Å². The second kappa shape index (κ2) is 15.5. The van der Waals surface area contributed by atoms with Crippen LogP contribution in [0.15, 0.2) is 24.3 Å². The van der Waals surface area contributed by atoms with Crippen molar-refractivity contribution in [3.8, 4) is 0 Å². The highest BCUT2D eigenvalue weighted by molar-refractivity contribution is 5.92. The Balaban J connectivity index is 3.37. The van der Waals surface area contributed by atoms with Crippen LogP contribution < -0.4 is 10.6 Å². The number of amides is 3. The third-order valence-electron chi connectivity index (χ3n) is 5.92. The summed E-state index contributed by atoms with van der Waals surface area (Å²) in [5.41, 5.74) is 1.16. The van der Waals surface area contributed by atoms with E-state index in [1.54, 1.807) is 25.7 Å². The van der Waals surface area contributed by atoms with Crippen molar-refractivity contribution < 1.29 is 19.1 Å². The number of alkyl carbamates (subject to hydrolysis) is 1. The zero-order chi connectivity index (χ0) is 27.3. The van der Waals surface area contributed by atoms with Crippen LogP contribution in [0.4, 0.5) is 4.79 Å². The van der Waals surface area contributed by atoms with E-state index >= 15 is 0 Å². The van der Waals surface area contributed by atoms with Crippen molar-refractivity contribution in [1.29, 1.82) is 0 Å². The summed E-state index contributed by atoms with van der Waals surface area (Å²) >= 11 is 0. The first-order chi connectivity index (χ1) is 16.9. The lowest BCUT2D eigenvalue weighted by Crippen LogP contribution is -2.55. The fourth-order valence-electron chi connectivity index (χ4n) is 3.93. The van der Waals surface area contributed by atoms with Crippen LogP contribution in [0.5, 0.6) is 0 Å². The highest BCUT2D eigenvalue weighted by Crippen LogP contribution is 2.25. The number of ether oxygens (including phenoxy) is 1. The standard InChI is InChI=1S/C29H49N3O4/c1-9-11-13-19-30-26(33)25(23-17-15-22(5)16-18-23)32(20-14-12-10-2)27(34)24(21(3)4)31-28(35)36-29(6,7)8/h15-18,21,24-25H,9-14,19-20H2,1-8H3,(H,30,33)(H,31,35). The molecular weight excluding hydrogens is 454 g/mol. The van der Waals surface area contributed by atoms with E-state index in [2.05, 4.69) is 24.5 Å². The highest BCUT2D eigenvalue weighted by Gasteiger charge is 2.37. The summed E-state index contributed by atoms with van der Waals surface area (Å²) in [6, 6.07) is 6.15. The molecule has 0 saturated carbocycles. The fourth-order valence-corrected chi connectivity index (χ4v) is 3.93. The van der Waals surface area contributed by atoms with Gasteiger partial charge in [0.15, 0.2) is 0 Å². The molecule has 7 heteroatoms. The van der Waals surface area contributed by atoms with Gasteiger partial charge in [-0.3, -0.25) is 9.59 Å². The monoisotopic (exact) mass is 503 g/mol. The van der Waals surface area contributed by atoms with E-state index in [4.69, 9.17) is 4.74 Å². The Labute approximate surface area is 218 Å². The maximum Gasteiger partial charge on any atom is 0.408 e. The molecule has 2 atom stereocenters. The number of nitrogens with zero attached hydrogens (tertiary/aromatic N) is 1. The zero-order valence-corrected chi connectivity index (χ0v) is 23.8.